The summed E-state index contributed by atoms with van der Waals surface area (Å²) in [5.74, 6) is 1.17. The third-order valence-corrected chi connectivity index (χ3v) is 3.55. The van der Waals surface area contributed by atoms with Crippen LogP contribution in [-0.2, 0) is 9.47 Å². The fraction of sp³-hybridized carbons (Fsp3) is 0.692. The standard InChI is InChI=1S/C13H20BrN3O3/c1-13(2)8-17(6-9(20-13)7-18-3)12-15-5-10(14)11(16-12)19-4/h5,9H,6-8H2,1-4H3/t9-/m0/s1. The molecule has 0 amide bonds. The van der Waals surface area contributed by atoms with Gasteiger partial charge in [-0.15, -0.1) is 0 Å². The summed E-state index contributed by atoms with van der Waals surface area (Å²) in [6, 6.07) is 0. The minimum atomic E-state index is -0.273. The van der Waals surface area contributed by atoms with Gasteiger partial charge in [-0.1, -0.05) is 0 Å². The zero-order chi connectivity index (χ0) is 14.8. The first-order valence-electron chi connectivity index (χ1n) is 6.43. The summed E-state index contributed by atoms with van der Waals surface area (Å²) in [6.45, 7) is 6.07. The minimum Gasteiger partial charge on any atom is -0.480 e. The van der Waals surface area contributed by atoms with E-state index in [0.717, 1.165) is 11.0 Å². The molecule has 1 saturated heterocycles. The van der Waals surface area contributed by atoms with Crippen LogP contribution in [0.1, 0.15) is 13.8 Å². The fourth-order valence-electron chi connectivity index (χ4n) is 2.36. The van der Waals surface area contributed by atoms with Gasteiger partial charge >= 0.3 is 0 Å². The Morgan fingerprint density at radius 2 is 2.25 bits per heavy atom. The largest absolute Gasteiger partial charge is 0.480 e. The molecule has 0 radical (unpaired) electrons. The van der Waals surface area contributed by atoms with Crippen molar-refractivity contribution in [2.45, 2.75) is 25.6 Å². The lowest BCUT2D eigenvalue weighted by Crippen LogP contribution is -2.54. The number of nitrogens with zero attached hydrogens (tertiary/aromatic N) is 3. The summed E-state index contributed by atoms with van der Waals surface area (Å²) >= 11 is 3.36. The van der Waals surface area contributed by atoms with Crippen molar-refractivity contribution in [3.8, 4) is 5.88 Å². The molecular weight excluding hydrogens is 326 g/mol. The Labute approximate surface area is 127 Å². The van der Waals surface area contributed by atoms with Crippen molar-refractivity contribution in [1.29, 1.82) is 0 Å². The molecule has 0 bridgehead atoms. The van der Waals surface area contributed by atoms with Crippen LogP contribution in [0.4, 0.5) is 5.95 Å². The summed E-state index contributed by atoms with van der Waals surface area (Å²) in [5.41, 5.74) is -0.273. The Hall–Kier alpha value is -0.920. The highest BCUT2D eigenvalue weighted by molar-refractivity contribution is 9.10. The molecule has 1 atom stereocenters. The lowest BCUT2D eigenvalue weighted by atomic mass is 10.1. The molecule has 2 rings (SSSR count). The van der Waals surface area contributed by atoms with Crippen molar-refractivity contribution in [3.63, 3.8) is 0 Å². The molecule has 0 unspecified atom stereocenters. The molecule has 6 nitrogen and oxygen atoms in total. The zero-order valence-electron chi connectivity index (χ0n) is 12.2. The molecule has 1 aromatic rings. The van der Waals surface area contributed by atoms with Gasteiger partial charge in [-0.2, -0.15) is 4.98 Å². The van der Waals surface area contributed by atoms with Gasteiger partial charge in [0.2, 0.25) is 11.8 Å². The van der Waals surface area contributed by atoms with Crippen LogP contribution in [-0.4, -0.2) is 55.6 Å². The fourth-order valence-corrected chi connectivity index (χ4v) is 2.71. The minimum absolute atomic E-state index is 0.00184. The van der Waals surface area contributed by atoms with Gasteiger partial charge in [0.1, 0.15) is 0 Å². The van der Waals surface area contributed by atoms with E-state index in [-0.39, 0.29) is 11.7 Å². The Bertz CT molecular complexity index is 470. The molecule has 1 fully saturated rings. The van der Waals surface area contributed by atoms with Crippen molar-refractivity contribution in [2.24, 2.45) is 0 Å². The zero-order valence-corrected chi connectivity index (χ0v) is 13.8. The third-order valence-electron chi connectivity index (χ3n) is 3.01. The first kappa shape index (κ1) is 15.5. The Balaban J connectivity index is 2.22. The number of hydrogen-bond donors (Lipinski definition) is 0. The second kappa shape index (κ2) is 6.24. The van der Waals surface area contributed by atoms with Gasteiger partial charge in [0, 0.05) is 20.2 Å². The first-order chi connectivity index (χ1) is 9.45. The maximum Gasteiger partial charge on any atom is 0.232 e. The van der Waals surface area contributed by atoms with E-state index in [9.17, 15) is 0 Å². The van der Waals surface area contributed by atoms with Crippen LogP contribution in [0.25, 0.3) is 0 Å². The van der Waals surface area contributed by atoms with Crippen molar-refractivity contribution in [3.05, 3.63) is 10.7 Å². The highest BCUT2D eigenvalue weighted by Gasteiger charge is 2.34. The SMILES string of the molecule is COC[C@@H]1CN(c2ncc(Br)c(OC)n2)CC(C)(C)O1. The Kier molecular flexibility index (Phi) is 4.82. The molecule has 0 N–H and O–H groups in total. The van der Waals surface area contributed by atoms with Gasteiger partial charge in [-0.05, 0) is 29.8 Å². The van der Waals surface area contributed by atoms with Crippen LogP contribution >= 0.6 is 15.9 Å². The van der Waals surface area contributed by atoms with Gasteiger partial charge in [0.05, 0.1) is 36.1 Å². The van der Waals surface area contributed by atoms with E-state index in [0.29, 0.717) is 25.0 Å². The number of ether oxygens (including phenoxy) is 3. The molecule has 20 heavy (non-hydrogen) atoms. The van der Waals surface area contributed by atoms with E-state index < -0.39 is 0 Å². The average molecular weight is 346 g/mol. The molecule has 7 heteroatoms. The third kappa shape index (κ3) is 3.59. The second-order valence-electron chi connectivity index (χ2n) is 5.36. The summed E-state index contributed by atoms with van der Waals surface area (Å²) in [6.07, 6.45) is 1.71. The predicted octanol–water partition coefficient (Wildman–Crippen LogP) is 1.88. The van der Waals surface area contributed by atoms with Gasteiger partial charge < -0.3 is 19.1 Å². The monoisotopic (exact) mass is 345 g/mol. The molecule has 2 heterocycles. The molecule has 0 spiro atoms. The molecule has 1 aromatic heterocycles. The number of methoxy groups -OCH3 is 2. The quantitative estimate of drug-likeness (QED) is 0.830. The second-order valence-corrected chi connectivity index (χ2v) is 6.22. The lowest BCUT2D eigenvalue weighted by Gasteiger charge is -2.42. The van der Waals surface area contributed by atoms with Gasteiger partial charge in [0.15, 0.2) is 0 Å². The van der Waals surface area contributed by atoms with E-state index in [1.54, 1.807) is 20.4 Å². The van der Waals surface area contributed by atoms with Gasteiger partial charge in [0.25, 0.3) is 0 Å². The van der Waals surface area contributed by atoms with Gasteiger partial charge in [-0.25, -0.2) is 4.98 Å². The van der Waals surface area contributed by atoms with Crippen molar-refractivity contribution in [2.75, 3.05) is 38.8 Å². The van der Waals surface area contributed by atoms with E-state index in [1.807, 2.05) is 0 Å². The topological polar surface area (TPSA) is 56.7 Å². The maximum atomic E-state index is 5.98. The lowest BCUT2D eigenvalue weighted by molar-refractivity contribution is -0.106. The number of hydrogen-bond acceptors (Lipinski definition) is 6. The predicted molar refractivity (Wildman–Crippen MR) is 79.3 cm³/mol. The van der Waals surface area contributed by atoms with Crippen molar-refractivity contribution >= 4 is 21.9 Å². The number of halogens is 1. The first-order valence-corrected chi connectivity index (χ1v) is 7.22. The number of anilines is 1. The number of morpholine rings is 1. The summed E-state index contributed by atoms with van der Waals surface area (Å²) in [5, 5.41) is 0. The normalized spacial score (nSPS) is 21.9. The van der Waals surface area contributed by atoms with Crippen molar-refractivity contribution < 1.29 is 14.2 Å². The highest BCUT2D eigenvalue weighted by Crippen LogP contribution is 2.27. The van der Waals surface area contributed by atoms with E-state index in [1.165, 1.54) is 0 Å². The van der Waals surface area contributed by atoms with Crippen LogP contribution in [0, 0.1) is 0 Å². The number of rotatable bonds is 4. The smallest absolute Gasteiger partial charge is 0.232 e. The van der Waals surface area contributed by atoms with E-state index in [2.05, 4.69) is 44.6 Å². The molecule has 0 aromatic carbocycles. The number of aromatic nitrogens is 2. The Morgan fingerprint density at radius 3 is 2.90 bits per heavy atom. The Morgan fingerprint density at radius 1 is 1.50 bits per heavy atom. The van der Waals surface area contributed by atoms with Gasteiger partial charge in [-0.3, -0.25) is 0 Å². The molecule has 1 aliphatic heterocycles. The summed E-state index contributed by atoms with van der Waals surface area (Å²) in [7, 11) is 3.27. The van der Waals surface area contributed by atoms with Crippen LogP contribution < -0.4 is 9.64 Å². The molecule has 0 aliphatic carbocycles. The van der Waals surface area contributed by atoms with Crippen LogP contribution in [0.2, 0.25) is 0 Å². The van der Waals surface area contributed by atoms with E-state index >= 15 is 0 Å². The molecule has 0 saturated carbocycles. The van der Waals surface area contributed by atoms with Crippen LogP contribution in [0.15, 0.2) is 10.7 Å². The highest BCUT2D eigenvalue weighted by atomic mass is 79.9. The maximum absolute atomic E-state index is 5.98. The van der Waals surface area contributed by atoms with E-state index in [4.69, 9.17) is 14.2 Å². The summed E-state index contributed by atoms with van der Waals surface area (Å²) in [4.78, 5) is 10.9. The van der Waals surface area contributed by atoms with Crippen LogP contribution in [0.3, 0.4) is 0 Å². The molecule has 112 valence electrons. The van der Waals surface area contributed by atoms with Crippen molar-refractivity contribution in [1.82, 2.24) is 9.97 Å². The molecular formula is C13H20BrN3O3. The summed E-state index contributed by atoms with van der Waals surface area (Å²) < 4.78 is 17.1. The molecule has 1 aliphatic rings. The van der Waals surface area contributed by atoms with Crippen LogP contribution in [0.5, 0.6) is 5.88 Å². The average Bonchev–Trinajstić information content (AvgIpc) is 2.37.